The molecule has 1 heterocycles. The highest BCUT2D eigenvalue weighted by molar-refractivity contribution is 9.10. The normalized spacial score (nSPS) is 24.1. The fraction of sp³-hybridized carbons (Fsp3) is 0.500. The summed E-state index contributed by atoms with van der Waals surface area (Å²) in [5, 5.41) is 10.0. The molecule has 0 radical (unpaired) electrons. The van der Waals surface area contributed by atoms with Crippen LogP contribution in [-0.4, -0.2) is 34.6 Å². The fourth-order valence-corrected chi connectivity index (χ4v) is 3.04. The smallest absolute Gasteiger partial charge is 0.254 e. The SMILES string of the molecule is Cc1cc(Br)cc(C(=O)N2CCCC(C)(O)C2)c1. The summed E-state index contributed by atoms with van der Waals surface area (Å²) in [6.45, 7) is 4.89. The van der Waals surface area contributed by atoms with E-state index < -0.39 is 5.60 Å². The molecule has 0 saturated carbocycles. The number of hydrogen-bond acceptors (Lipinski definition) is 2. The maximum Gasteiger partial charge on any atom is 0.254 e. The van der Waals surface area contributed by atoms with Crippen LogP contribution in [0.15, 0.2) is 22.7 Å². The van der Waals surface area contributed by atoms with Gasteiger partial charge >= 0.3 is 0 Å². The maximum atomic E-state index is 12.4. The van der Waals surface area contributed by atoms with Crippen LogP contribution in [0.1, 0.15) is 35.7 Å². The highest BCUT2D eigenvalue weighted by Crippen LogP contribution is 2.23. The molecule has 0 aromatic heterocycles. The lowest BCUT2D eigenvalue weighted by Crippen LogP contribution is -2.48. The molecular weight excluding hydrogens is 294 g/mol. The van der Waals surface area contributed by atoms with Crippen molar-refractivity contribution in [2.24, 2.45) is 0 Å². The van der Waals surface area contributed by atoms with Crippen LogP contribution in [0, 0.1) is 6.92 Å². The van der Waals surface area contributed by atoms with Crippen molar-refractivity contribution in [3.05, 3.63) is 33.8 Å². The number of hydrogen-bond donors (Lipinski definition) is 1. The van der Waals surface area contributed by atoms with E-state index in [9.17, 15) is 9.90 Å². The standard InChI is InChI=1S/C14H18BrNO2/c1-10-6-11(8-12(15)7-10)13(17)16-5-3-4-14(2,18)9-16/h6-8,18H,3-5,9H2,1-2H3. The van der Waals surface area contributed by atoms with E-state index >= 15 is 0 Å². The van der Waals surface area contributed by atoms with E-state index in [1.807, 2.05) is 25.1 Å². The summed E-state index contributed by atoms with van der Waals surface area (Å²) >= 11 is 3.41. The second-order valence-electron chi connectivity index (χ2n) is 5.34. The van der Waals surface area contributed by atoms with E-state index in [1.165, 1.54) is 0 Å². The zero-order chi connectivity index (χ0) is 13.3. The number of nitrogens with zero attached hydrogens (tertiary/aromatic N) is 1. The number of halogens is 1. The number of rotatable bonds is 1. The highest BCUT2D eigenvalue weighted by atomic mass is 79.9. The Labute approximate surface area is 116 Å². The largest absolute Gasteiger partial charge is 0.388 e. The summed E-state index contributed by atoms with van der Waals surface area (Å²) in [7, 11) is 0. The number of aryl methyl sites for hydroxylation is 1. The minimum absolute atomic E-state index is 0.000579. The maximum absolute atomic E-state index is 12.4. The summed E-state index contributed by atoms with van der Waals surface area (Å²) < 4.78 is 0.912. The van der Waals surface area contributed by atoms with Crippen molar-refractivity contribution in [1.29, 1.82) is 0 Å². The van der Waals surface area contributed by atoms with Crippen molar-refractivity contribution < 1.29 is 9.90 Å². The summed E-state index contributed by atoms with van der Waals surface area (Å²) in [6.07, 6.45) is 1.61. The van der Waals surface area contributed by atoms with E-state index in [4.69, 9.17) is 0 Å². The van der Waals surface area contributed by atoms with Crippen LogP contribution >= 0.6 is 15.9 Å². The van der Waals surface area contributed by atoms with Crippen molar-refractivity contribution in [2.75, 3.05) is 13.1 Å². The molecule has 0 aliphatic carbocycles. The molecule has 1 saturated heterocycles. The second-order valence-corrected chi connectivity index (χ2v) is 6.26. The van der Waals surface area contributed by atoms with Crippen LogP contribution in [0.4, 0.5) is 0 Å². The summed E-state index contributed by atoms with van der Waals surface area (Å²) in [5.41, 5.74) is 0.977. The van der Waals surface area contributed by atoms with E-state index in [0.29, 0.717) is 12.1 Å². The van der Waals surface area contributed by atoms with E-state index in [-0.39, 0.29) is 5.91 Å². The van der Waals surface area contributed by atoms with Crippen molar-refractivity contribution in [2.45, 2.75) is 32.3 Å². The van der Waals surface area contributed by atoms with Gasteiger partial charge in [0.25, 0.3) is 5.91 Å². The van der Waals surface area contributed by atoms with Crippen LogP contribution < -0.4 is 0 Å². The number of amides is 1. The predicted molar refractivity (Wildman–Crippen MR) is 74.6 cm³/mol. The van der Waals surface area contributed by atoms with Gasteiger partial charge in [0.1, 0.15) is 0 Å². The Morgan fingerprint density at radius 2 is 2.17 bits per heavy atom. The van der Waals surface area contributed by atoms with Gasteiger partial charge in [0.05, 0.1) is 5.60 Å². The molecule has 2 rings (SSSR count). The first-order valence-electron chi connectivity index (χ1n) is 6.16. The van der Waals surface area contributed by atoms with Crippen LogP contribution in [0.3, 0.4) is 0 Å². The molecule has 1 aromatic rings. The van der Waals surface area contributed by atoms with Crippen molar-refractivity contribution in [3.8, 4) is 0 Å². The van der Waals surface area contributed by atoms with Gasteiger partial charge < -0.3 is 10.0 Å². The van der Waals surface area contributed by atoms with Crippen LogP contribution in [0.25, 0.3) is 0 Å². The monoisotopic (exact) mass is 311 g/mol. The third-order valence-electron chi connectivity index (χ3n) is 3.25. The van der Waals surface area contributed by atoms with Gasteiger partial charge in [0, 0.05) is 23.1 Å². The third-order valence-corrected chi connectivity index (χ3v) is 3.71. The van der Waals surface area contributed by atoms with Gasteiger partial charge in [0.2, 0.25) is 0 Å². The predicted octanol–water partition coefficient (Wildman–Crippen LogP) is 2.74. The average molecular weight is 312 g/mol. The Morgan fingerprint density at radius 3 is 2.78 bits per heavy atom. The second kappa shape index (κ2) is 5.02. The molecule has 1 unspecified atom stereocenters. The Morgan fingerprint density at radius 1 is 1.44 bits per heavy atom. The third kappa shape index (κ3) is 3.12. The van der Waals surface area contributed by atoms with E-state index in [2.05, 4.69) is 15.9 Å². The van der Waals surface area contributed by atoms with Gasteiger partial charge in [-0.15, -0.1) is 0 Å². The molecule has 98 valence electrons. The quantitative estimate of drug-likeness (QED) is 0.866. The number of piperidine rings is 1. The molecule has 1 amide bonds. The minimum Gasteiger partial charge on any atom is -0.388 e. The lowest BCUT2D eigenvalue weighted by Gasteiger charge is -2.36. The summed E-state index contributed by atoms with van der Waals surface area (Å²) in [6, 6.07) is 5.69. The van der Waals surface area contributed by atoms with Crippen LogP contribution in [0.5, 0.6) is 0 Å². The molecule has 1 fully saturated rings. The Hall–Kier alpha value is -0.870. The first-order chi connectivity index (χ1) is 8.37. The van der Waals surface area contributed by atoms with Gasteiger partial charge in [-0.25, -0.2) is 0 Å². The number of carbonyl (C=O) groups is 1. The molecule has 1 aliphatic heterocycles. The van der Waals surface area contributed by atoms with Crippen LogP contribution in [-0.2, 0) is 0 Å². The minimum atomic E-state index is -0.755. The van der Waals surface area contributed by atoms with Gasteiger partial charge in [-0.05, 0) is 50.5 Å². The van der Waals surface area contributed by atoms with Crippen molar-refractivity contribution in [1.82, 2.24) is 4.90 Å². The van der Waals surface area contributed by atoms with Gasteiger partial charge in [-0.3, -0.25) is 4.79 Å². The molecule has 1 atom stereocenters. The topological polar surface area (TPSA) is 40.5 Å². The molecule has 0 spiro atoms. The number of carbonyl (C=O) groups excluding carboxylic acids is 1. The van der Waals surface area contributed by atoms with Crippen molar-refractivity contribution in [3.63, 3.8) is 0 Å². The number of aliphatic hydroxyl groups is 1. The lowest BCUT2D eigenvalue weighted by molar-refractivity contribution is -0.0107. The zero-order valence-electron chi connectivity index (χ0n) is 10.7. The van der Waals surface area contributed by atoms with E-state index in [0.717, 1.165) is 29.4 Å². The fourth-order valence-electron chi connectivity index (χ4n) is 2.44. The van der Waals surface area contributed by atoms with Gasteiger partial charge in [0.15, 0.2) is 0 Å². The number of benzene rings is 1. The molecule has 3 nitrogen and oxygen atoms in total. The Balaban J connectivity index is 2.20. The molecule has 1 N–H and O–H groups in total. The van der Waals surface area contributed by atoms with Crippen LogP contribution in [0.2, 0.25) is 0 Å². The van der Waals surface area contributed by atoms with Crippen molar-refractivity contribution >= 4 is 21.8 Å². The van der Waals surface area contributed by atoms with E-state index in [1.54, 1.807) is 11.8 Å². The summed E-state index contributed by atoms with van der Waals surface area (Å²) in [5.74, 6) is -0.000579. The average Bonchev–Trinajstić information content (AvgIpc) is 2.25. The Kier molecular flexibility index (Phi) is 3.78. The molecule has 18 heavy (non-hydrogen) atoms. The number of likely N-dealkylation sites (tertiary alicyclic amines) is 1. The zero-order valence-corrected chi connectivity index (χ0v) is 12.3. The van der Waals surface area contributed by atoms with Gasteiger partial charge in [-0.1, -0.05) is 15.9 Å². The molecule has 1 aromatic carbocycles. The highest BCUT2D eigenvalue weighted by Gasteiger charge is 2.31. The lowest BCUT2D eigenvalue weighted by atomic mass is 9.94. The first-order valence-corrected chi connectivity index (χ1v) is 6.95. The molecule has 4 heteroatoms. The number of β-amino-alcohol motifs (C(OH)–C–C–N with tert-alkyl or cyclic N) is 1. The Bertz CT molecular complexity index is 451. The molecule has 0 bridgehead atoms. The van der Waals surface area contributed by atoms with Gasteiger partial charge in [-0.2, -0.15) is 0 Å². The molecular formula is C14H18BrNO2. The first kappa shape index (κ1) is 13.6. The summed E-state index contributed by atoms with van der Waals surface area (Å²) in [4.78, 5) is 14.1. The molecule has 1 aliphatic rings.